The highest BCUT2D eigenvalue weighted by Crippen LogP contribution is 2.40. The van der Waals surface area contributed by atoms with Crippen molar-refractivity contribution in [3.05, 3.63) is 46.3 Å². The topological polar surface area (TPSA) is 68.5 Å². The quantitative estimate of drug-likeness (QED) is 0.925. The number of rotatable bonds is 2. The van der Waals surface area contributed by atoms with E-state index in [1.54, 1.807) is 24.3 Å². The highest BCUT2D eigenvalue weighted by atomic mass is 16.5. The van der Waals surface area contributed by atoms with Crippen molar-refractivity contribution >= 4 is 16.9 Å². The summed E-state index contributed by atoms with van der Waals surface area (Å²) >= 11 is 0. The molecule has 1 N–H and O–H groups in total. The summed E-state index contributed by atoms with van der Waals surface area (Å²) in [6, 6.07) is 8.19. The van der Waals surface area contributed by atoms with E-state index in [-0.39, 0.29) is 28.7 Å². The van der Waals surface area contributed by atoms with Crippen LogP contribution >= 0.6 is 0 Å². The van der Waals surface area contributed by atoms with Gasteiger partial charge in [0.2, 0.25) is 0 Å². The standard InChI is InChI=1S/C18H19NO4/c20-14-9-16(23-15-6-2-1-5-13(14)15)17(21)19-12-10-18(22-11-12)7-3-4-8-18/h1-2,5-6,9,12H,3-4,7-8,10-11H2,(H,19,21)/t12-/m0/s1. The third-order valence-corrected chi connectivity index (χ3v) is 4.92. The molecule has 5 nitrogen and oxygen atoms in total. The first-order chi connectivity index (χ1) is 11.2. The number of amides is 1. The Kier molecular flexibility index (Phi) is 3.45. The molecule has 1 saturated carbocycles. The molecule has 1 aliphatic heterocycles. The maximum absolute atomic E-state index is 12.4. The van der Waals surface area contributed by atoms with Gasteiger partial charge < -0.3 is 14.5 Å². The molecular formula is C18H19NO4. The smallest absolute Gasteiger partial charge is 0.287 e. The number of carbonyl (C=O) groups excluding carboxylic acids is 1. The summed E-state index contributed by atoms with van der Waals surface area (Å²) in [7, 11) is 0. The first-order valence-electron chi connectivity index (χ1n) is 8.13. The zero-order valence-electron chi connectivity index (χ0n) is 12.8. The molecule has 2 aliphatic rings. The minimum atomic E-state index is -0.350. The lowest BCUT2D eigenvalue weighted by Crippen LogP contribution is -2.36. The van der Waals surface area contributed by atoms with Gasteiger partial charge in [0.1, 0.15) is 5.58 Å². The van der Waals surface area contributed by atoms with Crippen molar-refractivity contribution < 1.29 is 13.9 Å². The zero-order valence-corrected chi connectivity index (χ0v) is 12.8. The van der Waals surface area contributed by atoms with Gasteiger partial charge in [0.25, 0.3) is 5.91 Å². The number of para-hydroxylation sites is 1. The predicted octanol–water partition coefficient (Wildman–Crippen LogP) is 2.62. The first kappa shape index (κ1) is 14.5. The molecule has 1 spiro atoms. The SMILES string of the molecule is O=C(N[C@@H]1COC2(CCCC2)C1)c1cc(=O)c2ccccc2o1. The Morgan fingerprint density at radius 1 is 1.22 bits per heavy atom. The molecule has 2 aromatic rings. The van der Waals surface area contributed by atoms with Crippen LogP contribution in [0.1, 0.15) is 42.7 Å². The second kappa shape index (κ2) is 5.49. The van der Waals surface area contributed by atoms with Gasteiger partial charge in [-0.25, -0.2) is 0 Å². The Labute approximate surface area is 133 Å². The number of nitrogens with one attached hydrogen (secondary N) is 1. The van der Waals surface area contributed by atoms with E-state index in [1.807, 2.05) is 0 Å². The molecule has 1 saturated heterocycles. The normalized spacial score (nSPS) is 22.7. The van der Waals surface area contributed by atoms with Crippen LogP contribution in [-0.4, -0.2) is 24.2 Å². The Hall–Kier alpha value is -2.14. The molecule has 1 aliphatic carbocycles. The molecule has 1 amide bonds. The van der Waals surface area contributed by atoms with Gasteiger partial charge >= 0.3 is 0 Å². The molecule has 120 valence electrons. The van der Waals surface area contributed by atoms with Gasteiger partial charge in [-0.2, -0.15) is 0 Å². The third kappa shape index (κ3) is 2.65. The summed E-state index contributed by atoms with van der Waals surface area (Å²) in [5.74, 6) is -0.294. The van der Waals surface area contributed by atoms with Crippen LogP contribution in [-0.2, 0) is 4.74 Å². The highest BCUT2D eigenvalue weighted by molar-refractivity contribution is 5.93. The van der Waals surface area contributed by atoms with E-state index in [9.17, 15) is 9.59 Å². The van der Waals surface area contributed by atoms with Gasteiger partial charge in [-0.15, -0.1) is 0 Å². The fourth-order valence-electron chi connectivity index (χ4n) is 3.78. The molecule has 0 radical (unpaired) electrons. The van der Waals surface area contributed by atoms with Crippen molar-refractivity contribution in [3.63, 3.8) is 0 Å². The van der Waals surface area contributed by atoms with E-state index in [0.29, 0.717) is 17.6 Å². The van der Waals surface area contributed by atoms with E-state index >= 15 is 0 Å². The molecule has 4 rings (SSSR count). The van der Waals surface area contributed by atoms with Gasteiger partial charge in [-0.05, 0) is 31.4 Å². The van der Waals surface area contributed by atoms with E-state index in [4.69, 9.17) is 9.15 Å². The first-order valence-corrected chi connectivity index (χ1v) is 8.13. The lowest BCUT2D eigenvalue weighted by molar-refractivity contribution is 0.00987. The molecule has 2 fully saturated rings. The minimum absolute atomic E-state index is 0.0163. The van der Waals surface area contributed by atoms with Crippen LogP contribution in [0.5, 0.6) is 0 Å². The van der Waals surface area contributed by atoms with Gasteiger partial charge in [0.15, 0.2) is 11.2 Å². The van der Waals surface area contributed by atoms with E-state index in [1.165, 1.54) is 18.9 Å². The summed E-state index contributed by atoms with van der Waals surface area (Å²) < 4.78 is 11.5. The van der Waals surface area contributed by atoms with Gasteiger partial charge in [0.05, 0.1) is 23.6 Å². The maximum atomic E-state index is 12.4. The largest absolute Gasteiger partial charge is 0.451 e. The third-order valence-electron chi connectivity index (χ3n) is 4.92. The van der Waals surface area contributed by atoms with Crippen LogP contribution in [0.2, 0.25) is 0 Å². The Morgan fingerprint density at radius 2 is 2.00 bits per heavy atom. The zero-order chi connectivity index (χ0) is 15.9. The summed E-state index contributed by atoms with van der Waals surface area (Å²) in [5, 5.41) is 3.43. The van der Waals surface area contributed by atoms with Gasteiger partial charge in [-0.1, -0.05) is 25.0 Å². The molecule has 5 heteroatoms. The van der Waals surface area contributed by atoms with Crippen LogP contribution in [0.25, 0.3) is 11.0 Å². The molecule has 2 heterocycles. The predicted molar refractivity (Wildman–Crippen MR) is 85.5 cm³/mol. The molecule has 0 unspecified atom stereocenters. The average molecular weight is 313 g/mol. The van der Waals surface area contributed by atoms with Crippen molar-refractivity contribution in [2.24, 2.45) is 0 Å². The number of benzene rings is 1. The number of hydrogen-bond donors (Lipinski definition) is 1. The summed E-state index contributed by atoms with van der Waals surface area (Å²) in [6.45, 7) is 0.531. The summed E-state index contributed by atoms with van der Waals surface area (Å²) in [6.07, 6.45) is 5.38. The molecule has 0 bridgehead atoms. The van der Waals surface area contributed by atoms with E-state index < -0.39 is 0 Å². The monoisotopic (exact) mass is 313 g/mol. The van der Waals surface area contributed by atoms with Crippen molar-refractivity contribution in [3.8, 4) is 0 Å². The summed E-state index contributed by atoms with van der Waals surface area (Å²) in [5.41, 5.74) is 0.189. The lowest BCUT2D eigenvalue weighted by Gasteiger charge is -2.21. The van der Waals surface area contributed by atoms with Crippen LogP contribution < -0.4 is 10.7 Å². The molecule has 23 heavy (non-hydrogen) atoms. The number of carbonyl (C=O) groups is 1. The Morgan fingerprint density at radius 3 is 2.83 bits per heavy atom. The Balaban J connectivity index is 1.52. The van der Waals surface area contributed by atoms with Crippen molar-refractivity contribution in [1.29, 1.82) is 0 Å². The van der Waals surface area contributed by atoms with Crippen molar-refractivity contribution in [1.82, 2.24) is 5.32 Å². The molecule has 1 aromatic heterocycles. The number of fused-ring (bicyclic) bond motifs is 1. The fourth-order valence-corrected chi connectivity index (χ4v) is 3.78. The second-order valence-electron chi connectivity index (χ2n) is 6.55. The fraction of sp³-hybridized carbons (Fsp3) is 0.444. The van der Waals surface area contributed by atoms with Crippen LogP contribution in [0.4, 0.5) is 0 Å². The summed E-state index contributed by atoms with van der Waals surface area (Å²) in [4.78, 5) is 24.5. The van der Waals surface area contributed by atoms with Crippen LogP contribution in [0.15, 0.2) is 39.5 Å². The van der Waals surface area contributed by atoms with Gasteiger partial charge in [-0.3, -0.25) is 9.59 Å². The van der Waals surface area contributed by atoms with E-state index in [2.05, 4.69) is 5.32 Å². The number of hydrogen-bond acceptors (Lipinski definition) is 4. The van der Waals surface area contributed by atoms with Crippen LogP contribution in [0.3, 0.4) is 0 Å². The molecule has 1 aromatic carbocycles. The number of ether oxygens (including phenoxy) is 1. The average Bonchev–Trinajstić information content (AvgIpc) is 3.17. The van der Waals surface area contributed by atoms with Crippen LogP contribution in [0, 0.1) is 0 Å². The minimum Gasteiger partial charge on any atom is -0.451 e. The Bertz CT molecular complexity index is 804. The van der Waals surface area contributed by atoms with Crippen molar-refractivity contribution in [2.45, 2.75) is 43.7 Å². The maximum Gasteiger partial charge on any atom is 0.287 e. The van der Waals surface area contributed by atoms with E-state index in [0.717, 1.165) is 19.3 Å². The van der Waals surface area contributed by atoms with Gasteiger partial charge in [0, 0.05) is 6.07 Å². The second-order valence-corrected chi connectivity index (χ2v) is 6.55. The highest BCUT2D eigenvalue weighted by Gasteiger charge is 2.42. The molecular weight excluding hydrogens is 294 g/mol. The lowest BCUT2D eigenvalue weighted by atomic mass is 9.96. The van der Waals surface area contributed by atoms with Crippen molar-refractivity contribution in [2.75, 3.05) is 6.61 Å². The molecule has 1 atom stereocenters.